The predicted octanol–water partition coefficient (Wildman–Crippen LogP) is 3.73. The molecule has 0 bridgehead atoms. The van der Waals surface area contributed by atoms with Crippen molar-refractivity contribution in [2.24, 2.45) is 0 Å². The fourth-order valence-corrected chi connectivity index (χ4v) is 3.68. The molecule has 0 saturated carbocycles. The second kappa shape index (κ2) is 8.22. The summed E-state index contributed by atoms with van der Waals surface area (Å²) in [6.45, 7) is 0.795. The molecule has 0 atom stereocenters. The van der Waals surface area contributed by atoms with Crippen molar-refractivity contribution in [3.8, 4) is 17.2 Å². The summed E-state index contributed by atoms with van der Waals surface area (Å²) >= 11 is 0. The molecule has 32 heavy (non-hydrogen) atoms. The van der Waals surface area contributed by atoms with E-state index in [0.29, 0.717) is 36.0 Å². The van der Waals surface area contributed by atoms with Gasteiger partial charge in [-0.05, 0) is 54.1 Å². The molecule has 2 aliphatic heterocycles. The minimum absolute atomic E-state index is 0.0768. The quantitative estimate of drug-likeness (QED) is 0.677. The molecule has 2 heterocycles. The molecule has 0 fully saturated rings. The van der Waals surface area contributed by atoms with Crippen molar-refractivity contribution >= 4 is 17.5 Å². The van der Waals surface area contributed by atoms with E-state index in [-0.39, 0.29) is 24.9 Å². The Hall–Kier alpha value is -4.07. The van der Waals surface area contributed by atoms with Crippen LogP contribution in [0.1, 0.15) is 21.5 Å². The molecule has 1 N–H and O–H groups in total. The van der Waals surface area contributed by atoms with Crippen LogP contribution in [0, 0.1) is 5.82 Å². The van der Waals surface area contributed by atoms with E-state index in [2.05, 4.69) is 5.32 Å². The number of fused-ring (bicyclic) bond motifs is 2. The molecule has 0 spiro atoms. The topological polar surface area (TPSA) is 77.1 Å². The van der Waals surface area contributed by atoms with Crippen LogP contribution in [0.15, 0.2) is 60.7 Å². The zero-order valence-corrected chi connectivity index (χ0v) is 17.0. The molecular weight excluding hydrogens is 415 g/mol. The average molecular weight is 434 g/mol. The SMILES string of the molecule is O=C(Nc1ccc2c(c1)CN(Cc1ccc3c(c1)OCO3)C(=O)CO2)c1cccc(F)c1. The Morgan fingerprint density at radius 1 is 0.969 bits per heavy atom. The highest BCUT2D eigenvalue weighted by Gasteiger charge is 2.23. The number of nitrogens with zero attached hydrogens (tertiary/aromatic N) is 1. The van der Waals surface area contributed by atoms with E-state index in [4.69, 9.17) is 14.2 Å². The Morgan fingerprint density at radius 2 is 1.81 bits per heavy atom. The van der Waals surface area contributed by atoms with Crippen molar-refractivity contribution in [2.75, 3.05) is 18.7 Å². The Labute approximate surface area is 183 Å². The van der Waals surface area contributed by atoms with E-state index in [1.165, 1.54) is 24.3 Å². The zero-order valence-electron chi connectivity index (χ0n) is 17.0. The molecule has 2 aliphatic rings. The van der Waals surface area contributed by atoms with Gasteiger partial charge in [-0.3, -0.25) is 9.59 Å². The number of benzene rings is 3. The smallest absolute Gasteiger partial charge is 0.261 e. The van der Waals surface area contributed by atoms with Crippen molar-refractivity contribution in [1.82, 2.24) is 4.90 Å². The van der Waals surface area contributed by atoms with Crippen LogP contribution in [-0.2, 0) is 17.9 Å². The minimum atomic E-state index is -0.481. The molecule has 7 nitrogen and oxygen atoms in total. The van der Waals surface area contributed by atoms with Crippen molar-refractivity contribution in [1.29, 1.82) is 0 Å². The maximum Gasteiger partial charge on any atom is 0.261 e. The minimum Gasteiger partial charge on any atom is -0.483 e. The first-order valence-electron chi connectivity index (χ1n) is 10.0. The van der Waals surface area contributed by atoms with Crippen LogP contribution in [0.25, 0.3) is 0 Å². The van der Waals surface area contributed by atoms with Crippen LogP contribution in [0.3, 0.4) is 0 Å². The summed E-state index contributed by atoms with van der Waals surface area (Å²) in [5.41, 5.74) is 2.41. The van der Waals surface area contributed by atoms with Gasteiger partial charge in [0.1, 0.15) is 11.6 Å². The molecule has 0 aromatic heterocycles. The van der Waals surface area contributed by atoms with Crippen LogP contribution in [0.5, 0.6) is 17.2 Å². The van der Waals surface area contributed by atoms with Gasteiger partial charge in [0.05, 0.1) is 0 Å². The van der Waals surface area contributed by atoms with Gasteiger partial charge in [0.15, 0.2) is 18.1 Å². The number of rotatable bonds is 4. The van der Waals surface area contributed by atoms with Crippen LogP contribution in [0.2, 0.25) is 0 Å². The summed E-state index contributed by atoms with van der Waals surface area (Å²) < 4.78 is 29.8. The summed E-state index contributed by atoms with van der Waals surface area (Å²) in [5.74, 6) is 0.865. The molecule has 3 aromatic carbocycles. The Bertz CT molecular complexity index is 1210. The lowest BCUT2D eigenvalue weighted by Gasteiger charge is -2.20. The lowest BCUT2D eigenvalue weighted by Crippen LogP contribution is -2.31. The highest BCUT2D eigenvalue weighted by Crippen LogP contribution is 2.33. The van der Waals surface area contributed by atoms with Crippen LogP contribution >= 0.6 is 0 Å². The summed E-state index contributed by atoms with van der Waals surface area (Å²) in [6.07, 6.45) is 0. The largest absolute Gasteiger partial charge is 0.483 e. The summed E-state index contributed by atoms with van der Waals surface area (Å²) in [4.78, 5) is 26.8. The van der Waals surface area contributed by atoms with Gasteiger partial charge in [-0.25, -0.2) is 4.39 Å². The maximum atomic E-state index is 13.4. The molecule has 8 heteroatoms. The monoisotopic (exact) mass is 434 g/mol. The number of nitrogens with one attached hydrogen (secondary N) is 1. The fourth-order valence-electron chi connectivity index (χ4n) is 3.68. The highest BCUT2D eigenvalue weighted by molar-refractivity contribution is 6.04. The molecule has 0 radical (unpaired) electrons. The number of carbonyl (C=O) groups excluding carboxylic acids is 2. The number of amides is 2. The number of ether oxygens (including phenoxy) is 3. The summed E-state index contributed by atoms with van der Waals surface area (Å²) in [7, 11) is 0. The number of hydrogen-bond acceptors (Lipinski definition) is 5. The first-order chi connectivity index (χ1) is 15.5. The van der Waals surface area contributed by atoms with Gasteiger partial charge in [0, 0.05) is 29.9 Å². The molecular formula is C24H19FN2O5. The maximum absolute atomic E-state index is 13.4. The molecule has 162 valence electrons. The summed E-state index contributed by atoms with van der Waals surface area (Å²) in [5, 5.41) is 2.76. The highest BCUT2D eigenvalue weighted by atomic mass is 19.1. The zero-order chi connectivity index (χ0) is 22.1. The predicted molar refractivity (Wildman–Crippen MR) is 113 cm³/mol. The van der Waals surface area contributed by atoms with E-state index in [1.807, 2.05) is 18.2 Å². The summed E-state index contributed by atoms with van der Waals surface area (Å²) in [6, 6.07) is 16.2. The third-order valence-corrected chi connectivity index (χ3v) is 5.28. The van der Waals surface area contributed by atoms with Crippen molar-refractivity contribution in [3.63, 3.8) is 0 Å². The van der Waals surface area contributed by atoms with Gasteiger partial charge < -0.3 is 24.4 Å². The number of halogens is 1. The normalized spacial score (nSPS) is 14.4. The molecule has 2 amide bonds. The van der Waals surface area contributed by atoms with E-state index in [9.17, 15) is 14.0 Å². The third-order valence-electron chi connectivity index (χ3n) is 5.28. The first-order valence-corrected chi connectivity index (χ1v) is 10.0. The molecule has 0 saturated heterocycles. The number of carbonyl (C=O) groups is 2. The molecule has 0 unspecified atom stereocenters. The van der Waals surface area contributed by atoms with Crippen LogP contribution in [0.4, 0.5) is 10.1 Å². The fraction of sp³-hybridized carbons (Fsp3) is 0.167. The molecule has 5 rings (SSSR count). The van der Waals surface area contributed by atoms with Crippen molar-refractivity contribution < 1.29 is 28.2 Å². The Kier molecular flexibility index (Phi) is 5.10. The van der Waals surface area contributed by atoms with E-state index < -0.39 is 11.7 Å². The Morgan fingerprint density at radius 3 is 2.69 bits per heavy atom. The standard InChI is InChI=1S/C24H19FN2O5/c25-18-3-1-2-16(9-18)24(29)26-19-5-7-20-17(10-19)12-27(23(28)13-30-20)11-15-4-6-21-22(8-15)32-14-31-21/h1-10H,11-14H2,(H,26,29). The second-order valence-electron chi connectivity index (χ2n) is 7.51. The van der Waals surface area contributed by atoms with Crippen LogP contribution in [-0.4, -0.2) is 30.1 Å². The van der Waals surface area contributed by atoms with Gasteiger partial charge in [-0.15, -0.1) is 0 Å². The van der Waals surface area contributed by atoms with Crippen molar-refractivity contribution in [2.45, 2.75) is 13.1 Å². The first kappa shape index (κ1) is 19.9. The lowest BCUT2D eigenvalue weighted by atomic mass is 10.1. The van der Waals surface area contributed by atoms with Crippen molar-refractivity contribution in [3.05, 3.63) is 83.2 Å². The molecule has 3 aromatic rings. The van der Waals surface area contributed by atoms with Crippen LogP contribution < -0.4 is 19.5 Å². The molecule has 0 aliphatic carbocycles. The van der Waals surface area contributed by atoms with Gasteiger partial charge in [0.25, 0.3) is 11.8 Å². The van der Waals surface area contributed by atoms with E-state index in [1.54, 1.807) is 23.1 Å². The Balaban J connectivity index is 1.34. The van der Waals surface area contributed by atoms with Gasteiger partial charge in [-0.1, -0.05) is 12.1 Å². The average Bonchev–Trinajstić information content (AvgIpc) is 3.20. The van der Waals surface area contributed by atoms with Gasteiger partial charge >= 0.3 is 0 Å². The number of anilines is 1. The van der Waals surface area contributed by atoms with Gasteiger partial charge in [0.2, 0.25) is 6.79 Å². The van der Waals surface area contributed by atoms with Gasteiger partial charge in [-0.2, -0.15) is 0 Å². The third kappa shape index (κ3) is 4.07. The number of hydrogen-bond donors (Lipinski definition) is 1. The van der Waals surface area contributed by atoms with E-state index in [0.717, 1.165) is 11.1 Å². The van der Waals surface area contributed by atoms with E-state index >= 15 is 0 Å². The second-order valence-corrected chi connectivity index (χ2v) is 7.51. The lowest BCUT2D eigenvalue weighted by molar-refractivity contribution is -0.133.